The molecule has 0 amide bonds. The van der Waals surface area contributed by atoms with Crippen LogP contribution in [0.2, 0.25) is 5.02 Å². The first-order valence-corrected chi connectivity index (χ1v) is 9.71. The lowest BCUT2D eigenvalue weighted by Crippen LogP contribution is -2.42. The Hall–Kier alpha value is -0.540. The van der Waals surface area contributed by atoms with Gasteiger partial charge >= 0.3 is 0 Å². The molecule has 0 aliphatic rings. The van der Waals surface area contributed by atoms with Crippen LogP contribution in [-0.2, 0) is 16.4 Å². The van der Waals surface area contributed by atoms with Gasteiger partial charge in [0.25, 0.3) is 0 Å². The Balaban J connectivity index is 0.00000484. The first-order valence-electron chi connectivity index (χ1n) is 7.27. The molecule has 8 heteroatoms. The van der Waals surface area contributed by atoms with Gasteiger partial charge < -0.3 is 10.6 Å². The van der Waals surface area contributed by atoms with Gasteiger partial charge in [0, 0.05) is 23.9 Å². The SMILES string of the molecule is CCNC(=NCc1ccc(Cl)cc1)NC(C)CCS(C)(=O)=O.I. The molecule has 0 radical (unpaired) electrons. The number of hydrogen-bond acceptors (Lipinski definition) is 3. The van der Waals surface area contributed by atoms with Crippen molar-refractivity contribution in [3.63, 3.8) is 0 Å². The summed E-state index contributed by atoms with van der Waals surface area (Å²) < 4.78 is 22.4. The van der Waals surface area contributed by atoms with E-state index in [4.69, 9.17) is 11.6 Å². The molecule has 23 heavy (non-hydrogen) atoms. The Kier molecular flexibility index (Phi) is 10.8. The first-order chi connectivity index (χ1) is 10.3. The van der Waals surface area contributed by atoms with E-state index in [1.54, 1.807) is 0 Å². The maximum atomic E-state index is 11.2. The summed E-state index contributed by atoms with van der Waals surface area (Å²) in [6.45, 7) is 5.21. The van der Waals surface area contributed by atoms with Gasteiger partial charge in [-0.1, -0.05) is 23.7 Å². The fraction of sp³-hybridized carbons (Fsp3) is 0.533. The minimum atomic E-state index is -2.94. The molecule has 0 aliphatic carbocycles. The van der Waals surface area contributed by atoms with Crippen molar-refractivity contribution in [2.45, 2.75) is 32.9 Å². The number of guanidine groups is 1. The predicted molar refractivity (Wildman–Crippen MR) is 109 cm³/mol. The molecule has 1 aromatic rings. The smallest absolute Gasteiger partial charge is 0.191 e. The Morgan fingerprint density at radius 2 is 1.91 bits per heavy atom. The highest BCUT2D eigenvalue weighted by atomic mass is 127. The summed E-state index contributed by atoms with van der Waals surface area (Å²) in [4.78, 5) is 4.50. The molecule has 0 aromatic heterocycles. The van der Waals surface area contributed by atoms with E-state index in [9.17, 15) is 8.42 Å². The zero-order valence-corrected chi connectivity index (χ0v) is 17.6. The lowest BCUT2D eigenvalue weighted by molar-refractivity contribution is 0.581. The van der Waals surface area contributed by atoms with E-state index in [0.717, 1.165) is 12.1 Å². The summed E-state index contributed by atoms with van der Waals surface area (Å²) in [5, 5.41) is 7.08. The molecule has 5 nitrogen and oxygen atoms in total. The number of aliphatic imine (C=N–C) groups is 1. The predicted octanol–water partition coefficient (Wildman–Crippen LogP) is 2.84. The molecule has 2 N–H and O–H groups in total. The third kappa shape index (κ3) is 10.8. The minimum Gasteiger partial charge on any atom is -0.357 e. The Morgan fingerprint density at radius 1 is 1.30 bits per heavy atom. The summed E-state index contributed by atoms with van der Waals surface area (Å²) in [5.41, 5.74) is 1.06. The molecule has 0 heterocycles. The highest BCUT2D eigenvalue weighted by Crippen LogP contribution is 2.10. The molecule has 0 spiro atoms. The normalized spacial score (nSPS) is 13.1. The van der Waals surface area contributed by atoms with Crippen LogP contribution in [0, 0.1) is 0 Å². The van der Waals surface area contributed by atoms with Gasteiger partial charge in [0.15, 0.2) is 5.96 Å². The number of halogens is 2. The zero-order valence-electron chi connectivity index (χ0n) is 13.7. The summed E-state index contributed by atoms with van der Waals surface area (Å²) in [6, 6.07) is 7.56. The van der Waals surface area contributed by atoms with Crippen LogP contribution in [0.5, 0.6) is 0 Å². The van der Waals surface area contributed by atoms with Crippen molar-refractivity contribution in [2.75, 3.05) is 18.6 Å². The largest absolute Gasteiger partial charge is 0.357 e. The van der Waals surface area contributed by atoms with E-state index in [2.05, 4.69) is 15.6 Å². The second-order valence-electron chi connectivity index (χ2n) is 5.29. The molecular formula is C15H25ClIN3O2S. The fourth-order valence-electron chi connectivity index (χ4n) is 1.78. The standard InChI is InChI=1S/C15H24ClN3O2S.HI/c1-4-17-15(19-12(2)9-10-22(3,20)21)18-11-13-5-7-14(16)8-6-13;/h5-8,12H,4,9-11H2,1-3H3,(H2,17,18,19);1H. The highest BCUT2D eigenvalue weighted by Gasteiger charge is 2.09. The first kappa shape index (κ1) is 22.5. The summed E-state index contributed by atoms with van der Waals surface area (Å²) >= 11 is 5.85. The van der Waals surface area contributed by atoms with Crippen molar-refractivity contribution in [2.24, 2.45) is 4.99 Å². The average molecular weight is 474 g/mol. The van der Waals surface area contributed by atoms with E-state index in [1.807, 2.05) is 38.1 Å². The van der Waals surface area contributed by atoms with Gasteiger partial charge in [-0.25, -0.2) is 13.4 Å². The molecule has 1 rings (SSSR count). The molecule has 0 aliphatic heterocycles. The number of nitrogens with one attached hydrogen (secondary N) is 2. The molecule has 1 aromatic carbocycles. The van der Waals surface area contributed by atoms with E-state index >= 15 is 0 Å². The van der Waals surface area contributed by atoms with Crippen LogP contribution in [0.4, 0.5) is 0 Å². The summed E-state index contributed by atoms with van der Waals surface area (Å²) in [7, 11) is -2.94. The van der Waals surface area contributed by atoms with E-state index < -0.39 is 9.84 Å². The van der Waals surface area contributed by atoms with Gasteiger partial charge in [-0.05, 0) is 38.0 Å². The molecule has 0 saturated heterocycles. The molecule has 132 valence electrons. The number of benzene rings is 1. The van der Waals surface area contributed by atoms with E-state index in [-0.39, 0.29) is 35.8 Å². The highest BCUT2D eigenvalue weighted by molar-refractivity contribution is 14.0. The molecule has 0 bridgehead atoms. The lowest BCUT2D eigenvalue weighted by atomic mass is 10.2. The van der Waals surface area contributed by atoms with Crippen LogP contribution < -0.4 is 10.6 Å². The van der Waals surface area contributed by atoms with Gasteiger partial charge in [0.05, 0.1) is 12.3 Å². The van der Waals surface area contributed by atoms with Crippen molar-refractivity contribution in [3.05, 3.63) is 34.9 Å². The number of rotatable bonds is 7. The number of nitrogens with zero attached hydrogens (tertiary/aromatic N) is 1. The monoisotopic (exact) mass is 473 g/mol. The molecule has 0 saturated carbocycles. The Bertz CT molecular complexity index is 591. The summed E-state index contributed by atoms with van der Waals surface area (Å²) in [6.07, 6.45) is 1.80. The molecule has 1 atom stereocenters. The van der Waals surface area contributed by atoms with Crippen LogP contribution in [0.15, 0.2) is 29.3 Å². The third-order valence-electron chi connectivity index (χ3n) is 2.98. The van der Waals surface area contributed by atoms with Crippen LogP contribution in [0.1, 0.15) is 25.8 Å². The van der Waals surface area contributed by atoms with Crippen molar-refractivity contribution < 1.29 is 8.42 Å². The van der Waals surface area contributed by atoms with E-state index in [0.29, 0.717) is 23.9 Å². The average Bonchev–Trinajstić information content (AvgIpc) is 2.44. The fourth-order valence-corrected chi connectivity index (χ4v) is 2.68. The van der Waals surface area contributed by atoms with Crippen molar-refractivity contribution in [3.8, 4) is 0 Å². The van der Waals surface area contributed by atoms with Crippen LogP contribution >= 0.6 is 35.6 Å². The minimum absolute atomic E-state index is 0. The third-order valence-corrected chi connectivity index (χ3v) is 4.21. The quantitative estimate of drug-likeness (QED) is 0.363. The van der Waals surface area contributed by atoms with Gasteiger partial charge in [0.1, 0.15) is 9.84 Å². The molecule has 0 fully saturated rings. The summed E-state index contributed by atoms with van der Waals surface area (Å²) in [5.74, 6) is 0.844. The van der Waals surface area contributed by atoms with Crippen molar-refractivity contribution >= 4 is 51.4 Å². The van der Waals surface area contributed by atoms with Crippen molar-refractivity contribution in [1.29, 1.82) is 0 Å². The Morgan fingerprint density at radius 3 is 2.43 bits per heavy atom. The van der Waals surface area contributed by atoms with E-state index in [1.165, 1.54) is 6.26 Å². The van der Waals surface area contributed by atoms with Gasteiger partial charge in [-0.3, -0.25) is 0 Å². The number of sulfone groups is 1. The van der Waals surface area contributed by atoms with Crippen LogP contribution in [0.25, 0.3) is 0 Å². The van der Waals surface area contributed by atoms with Crippen LogP contribution in [0.3, 0.4) is 0 Å². The Labute approximate surface area is 161 Å². The van der Waals surface area contributed by atoms with Gasteiger partial charge in [0.2, 0.25) is 0 Å². The maximum absolute atomic E-state index is 11.2. The van der Waals surface area contributed by atoms with Gasteiger partial charge in [-0.15, -0.1) is 24.0 Å². The maximum Gasteiger partial charge on any atom is 0.191 e. The molecular weight excluding hydrogens is 449 g/mol. The second kappa shape index (κ2) is 11.1. The lowest BCUT2D eigenvalue weighted by Gasteiger charge is -2.17. The molecule has 1 unspecified atom stereocenters. The van der Waals surface area contributed by atoms with Crippen molar-refractivity contribution in [1.82, 2.24) is 10.6 Å². The van der Waals surface area contributed by atoms with Crippen LogP contribution in [-0.4, -0.2) is 39.0 Å². The second-order valence-corrected chi connectivity index (χ2v) is 7.98. The number of hydrogen-bond donors (Lipinski definition) is 2. The zero-order chi connectivity index (χ0) is 16.6. The topological polar surface area (TPSA) is 70.6 Å². The van der Waals surface area contributed by atoms with Gasteiger partial charge in [-0.2, -0.15) is 0 Å².